The molecule has 5 nitrogen and oxygen atoms in total. The summed E-state index contributed by atoms with van der Waals surface area (Å²) in [5.74, 6) is -1.61. The van der Waals surface area contributed by atoms with Crippen LogP contribution in [0.15, 0.2) is 0 Å². The Kier molecular flexibility index (Phi) is 3.84. The highest BCUT2D eigenvalue weighted by molar-refractivity contribution is 5.65. The number of nitrogens with two attached hydrogens (primary N) is 1. The van der Waals surface area contributed by atoms with Crippen LogP contribution in [0.1, 0.15) is 19.8 Å². The van der Waals surface area contributed by atoms with E-state index in [1.54, 1.807) is 6.92 Å². The van der Waals surface area contributed by atoms with E-state index in [0.717, 1.165) is 0 Å². The van der Waals surface area contributed by atoms with Gasteiger partial charge in [0, 0.05) is 19.4 Å². The Balaban J connectivity index is 3.98. The normalized spacial score (nSPS) is 15.5. The van der Waals surface area contributed by atoms with Gasteiger partial charge in [0.1, 0.15) is 0 Å². The van der Waals surface area contributed by atoms with Gasteiger partial charge >= 0.3 is 6.09 Å². The zero-order valence-corrected chi connectivity index (χ0v) is 6.41. The molecule has 5 heteroatoms. The smallest absolute Gasteiger partial charge is 0.407 e. The maximum Gasteiger partial charge on any atom is 0.407 e. The molecule has 11 heavy (non-hydrogen) atoms. The molecule has 0 rings (SSSR count). The highest BCUT2D eigenvalue weighted by atomic mass is 16.7. The van der Waals surface area contributed by atoms with Gasteiger partial charge in [-0.2, -0.15) is 0 Å². The van der Waals surface area contributed by atoms with E-state index in [2.05, 4.69) is 10.5 Å². The lowest BCUT2D eigenvalue weighted by molar-refractivity contribution is -0.170. The van der Waals surface area contributed by atoms with Gasteiger partial charge in [0.2, 0.25) is 5.79 Å². The van der Waals surface area contributed by atoms with Crippen LogP contribution in [-0.2, 0) is 4.74 Å². The highest BCUT2D eigenvalue weighted by Crippen LogP contribution is 2.15. The number of ether oxygens (including phenoxy) is 1. The summed E-state index contributed by atoms with van der Waals surface area (Å²) in [6, 6.07) is 0. The fourth-order valence-corrected chi connectivity index (χ4v) is 0.662. The zero-order chi connectivity index (χ0) is 8.91. The van der Waals surface area contributed by atoms with E-state index in [1.807, 2.05) is 0 Å². The van der Waals surface area contributed by atoms with Crippen LogP contribution in [0.3, 0.4) is 0 Å². The van der Waals surface area contributed by atoms with E-state index < -0.39 is 11.9 Å². The van der Waals surface area contributed by atoms with Crippen molar-refractivity contribution in [1.29, 1.82) is 0 Å². The average Bonchev–Trinajstić information content (AvgIpc) is 1.87. The fraction of sp³-hybridized carbons (Fsp3) is 0.833. The Morgan fingerprint density at radius 3 is 2.55 bits per heavy atom. The highest BCUT2D eigenvalue weighted by Gasteiger charge is 2.27. The Bertz CT molecular complexity index is 139. The molecule has 0 radical (unpaired) electrons. The molecule has 1 amide bonds. The second kappa shape index (κ2) is 4.15. The molecule has 1 atom stereocenters. The molecule has 0 bridgehead atoms. The SMILES string of the molecule is CCC(O)(CCO)OC(N)=O. The van der Waals surface area contributed by atoms with E-state index in [4.69, 9.17) is 5.11 Å². The first-order valence-electron chi connectivity index (χ1n) is 3.36. The third kappa shape index (κ3) is 3.79. The van der Waals surface area contributed by atoms with E-state index in [0.29, 0.717) is 0 Å². The van der Waals surface area contributed by atoms with E-state index in [-0.39, 0.29) is 19.4 Å². The number of carbonyl (C=O) groups excluding carboxylic acids is 1. The minimum atomic E-state index is -1.61. The first-order chi connectivity index (χ1) is 5.04. The summed E-state index contributed by atoms with van der Waals surface area (Å²) >= 11 is 0. The molecule has 0 aliphatic carbocycles. The average molecular weight is 163 g/mol. The van der Waals surface area contributed by atoms with Crippen LogP contribution in [0.5, 0.6) is 0 Å². The van der Waals surface area contributed by atoms with Crippen molar-refractivity contribution < 1.29 is 19.7 Å². The molecule has 0 fully saturated rings. The largest absolute Gasteiger partial charge is 0.417 e. The standard InChI is InChI=1S/C6H13NO4/c1-2-6(10,3-4-8)11-5(7)9/h8,10H,2-4H2,1H3,(H2,7,9). The van der Waals surface area contributed by atoms with Crippen molar-refractivity contribution in [2.75, 3.05) is 6.61 Å². The van der Waals surface area contributed by atoms with Crippen molar-refractivity contribution >= 4 is 6.09 Å². The first-order valence-corrected chi connectivity index (χ1v) is 3.36. The number of aliphatic hydroxyl groups is 2. The summed E-state index contributed by atoms with van der Waals surface area (Å²) < 4.78 is 4.36. The Hall–Kier alpha value is -0.810. The lowest BCUT2D eigenvalue weighted by Gasteiger charge is -2.24. The van der Waals surface area contributed by atoms with Crippen molar-refractivity contribution in [2.24, 2.45) is 5.73 Å². The molecule has 0 aromatic carbocycles. The predicted octanol–water partition coefficient (Wildman–Crippen LogP) is -0.437. The molecule has 0 saturated heterocycles. The molecule has 66 valence electrons. The number of rotatable bonds is 4. The van der Waals surface area contributed by atoms with Crippen molar-refractivity contribution in [3.8, 4) is 0 Å². The van der Waals surface area contributed by atoms with Crippen molar-refractivity contribution in [3.05, 3.63) is 0 Å². The van der Waals surface area contributed by atoms with Gasteiger partial charge in [-0.15, -0.1) is 0 Å². The topological polar surface area (TPSA) is 92.8 Å². The summed E-state index contributed by atoms with van der Waals surface area (Å²) in [6.45, 7) is 1.37. The number of aliphatic hydroxyl groups excluding tert-OH is 1. The van der Waals surface area contributed by atoms with E-state index in [1.165, 1.54) is 0 Å². The van der Waals surface area contributed by atoms with Gasteiger partial charge in [0.25, 0.3) is 0 Å². The molecule has 0 aromatic rings. The van der Waals surface area contributed by atoms with Crippen LogP contribution in [0, 0.1) is 0 Å². The van der Waals surface area contributed by atoms with E-state index in [9.17, 15) is 9.90 Å². The molecule has 0 aromatic heterocycles. The Morgan fingerprint density at radius 1 is 1.73 bits per heavy atom. The van der Waals surface area contributed by atoms with Gasteiger partial charge in [0.15, 0.2) is 0 Å². The summed E-state index contributed by atoms with van der Waals surface area (Å²) in [4.78, 5) is 10.2. The van der Waals surface area contributed by atoms with Gasteiger partial charge in [-0.05, 0) is 0 Å². The third-order valence-electron chi connectivity index (χ3n) is 1.35. The fourth-order valence-electron chi connectivity index (χ4n) is 0.662. The van der Waals surface area contributed by atoms with E-state index >= 15 is 0 Å². The number of hydrogen-bond acceptors (Lipinski definition) is 4. The Morgan fingerprint density at radius 2 is 2.27 bits per heavy atom. The number of amides is 1. The molecule has 1 unspecified atom stereocenters. The number of hydrogen-bond donors (Lipinski definition) is 3. The predicted molar refractivity (Wildman–Crippen MR) is 37.6 cm³/mol. The molecule has 0 heterocycles. The number of carbonyl (C=O) groups is 1. The monoisotopic (exact) mass is 163 g/mol. The molecular formula is C6H13NO4. The molecule has 4 N–H and O–H groups in total. The molecule has 0 spiro atoms. The van der Waals surface area contributed by atoms with Crippen molar-refractivity contribution in [3.63, 3.8) is 0 Å². The zero-order valence-electron chi connectivity index (χ0n) is 6.41. The van der Waals surface area contributed by atoms with Gasteiger partial charge < -0.3 is 20.7 Å². The first kappa shape index (κ1) is 10.2. The summed E-state index contributed by atoms with van der Waals surface area (Å²) in [6.07, 6.45) is -0.856. The second-order valence-corrected chi connectivity index (χ2v) is 2.19. The van der Waals surface area contributed by atoms with Crippen LogP contribution < -0.4 is 5.73 Å². The molecular weight excluding hydrogens is 150 g/mol. The van der Waals surface area contributed by atoms with Crippen molar-refractivity contribution in [2.45, 2.75) is 25.6 Å². The van der Waals surface area contributed by atoms with Crippen LogP contribution in [0.2, 0.25) is 0 Å². The van der Waals surface area contributed by atoms with Crippen LogP contribution in [0.4, 0.5) is 4.79 Å². The summed E-state index contributed by atoms with van der Waals surface area (Å²) in [5.41, 5.74) is 4.68. The molecule has 0 saturated carbocycles. The Labute approximate surface area is 64.8 Å². The minimum absolute atomic E-state index is 0.0214. The molecule has 0 aliphatic rings. The van der Waals surface area contributed by atoms with Gasteiger partial charge in [-0.3, -0.25) is 0 Å². The quantitative estimate of drug-likeness (QED) is 0.490. The molecule has 0 aliphatic heterocycles. The van der Waals surface area contributed by atoms with Crippen molar-refractivity contribution in [1.82, 2.24) is 0 Å². The number of primary amides is 1. The lowest BCUT2D eigenvalue weighted by Crippen LogP contribution is -2.37. The lowest BCUT2D eigenvalue weighted by atomic mass is 10.1. The van der Waals surface area contributed by atoms with Crippen LogP contribution in [-0.4, -0.2) is 28.7 Å². The second-order valence-electron chi connectivity index (χ2n) is 2.19. The third-order valence-corrected chi connectivity index (χ3v) is 1.35. The van der Waals surface area contributed by atoms with Gasteiger partial charge in [-0.1, -0.05) is 6.92 Å². The minimum Gasteiger partial charge on any atom is -0.417 e. The van der Waals surface area contributed by atoms with Gasteiger partial charge in [0.05, 0.1) is 0 Å². The maximum absolute atomic E-state index is 10.2. The maximum atomic E-state index is 10.2. The van der Waals surface area contributed by atoms with Gasteiger partial charge in [-0.25, -0.2) is 4.79 Å². The summed E-state index contributed by atoms with van der Waals surface area (Å²) in [7, 11) is 0. The summed E-state index contributed by atoms with van der Waals surface area (Å²) in [5, 5.41) is 17.8. The van der Waals surface area contributed by atoms with Crippen LogP contribution >= 0.6 is 0 Å². The van der Waals surface area contributed by atoms with Crippen LogP contribution in [0.25, 0.3) is 0 Å².